The van der Waals surface area contributed by atoms with E-state index < -0.39 is 24.6 Å². The van der Waals surface area contributed by atoms with Crippen molar-refractivity contribution in [3.8, 4) is 0 Å². The highest BCUT2D eigenvalue weighted by molar-refractivity contribution is 4.75. The van der Waals surface area contributed by atoms with Crippen LogP contribution in [-0.4, -0.2) is 106 Å². The van der Waals surface area contributed by atoms with Gasteiger partial charge in [0, 0.05) is 13.7 Å². The summed E-state index contributed by atoms with van der Waals surface area (Å²) < 4.78 is 31.5. The van der Waals surface area contributed by atoms with Crippen LogP contribution in [0.1, 0.15) is 20.3 Å². The predicted octanol–water partition coefficient (Wildman–Crippen LogP) is -0.445. The SMILES string of the molecule is CCCOCCOCCOCCOCCOC(OC)C(O)C(O)C(C)O. The Hall–Kier alpha value is -0.360. The first-order valence-corrected chi connectivity index (χ1v) is 9.04. The van der Waals surface area contributed by atoms with Crippen LogP contribution in [0, 0.1) is 0 Å². The molecule has 0 amide bonds. The molecule has 0 aliphatic carbocycles. The Bertz CT molecular complexity index is 291. The largest absolute Gasteiger partial charge is 0.391 e. The minimum Gasteiger partial charge on any atom is -0.391 e. The van der Waals surface area contributed by atoms with E-state index in [-0.39, 0.29) is 13.2 Å². The fourth-order valence-corrected chi connectivity index (χ4v) is 1.88. The van der Waals surface area contributed by atoms with Crippen LogP contribution in [0.25, 0.3) is 0 Å². The first-order valence-electron chi connectivity index (χ1n) is 9.04. The zero-order valence-electron chi connectivity index (χ0n) is 16.2. The summed E-state index contributed by atoms with van der Waals surface area (Å²) in [6.45, 7) is 7.64. The highest BCUT2D eigenvalue weighted by atomic mass is 16.7. The molecule has 158 valence electrons. The maximum atomic E-state index is 9.81. The van der Waals surface area contributed by atoms with Gasteiger partial charge >= 0.3 is 0 Å². The summed E-state index contributed by atoms with van der Waals surface area (Å²) in [4.78, 5) is 0. The highest BCUT2D eigenvalue weighted by Crippen LogP contribution is 2.08. The fraction of sp³-hybridized carbons (Fsp3) is 1.00. The molecule has 3 N–H and O–H groups in total. The van der Waals surface area contributed by atoms with Crippen molar-refractivity contribution in [3.05, 3.63) is 0 Å². The summed E-state index contributed by atoms with van der Waals surface area (Å²) in [6, 6.07) is 0. The maximum Gasteiger partial charge on any atom is 0.185 e. The van der Waals surface area contributed by atoms with E-state index >= 15 is 0 Å². The Morgan fingerprint density at radius 2 is 1.08 bits per heavy atom. The van der Waals surface area contributed by atoms with Gasteiger partial charge in [0.15, 0.2) is 6.29 Å². The Morgan fingerprint density at radius 3 is 1.46 bits per heavy atom. The average molecular weight is 384 g/mol. The van der Waals surface area contributed by atoms with Crippen molar-refractivity contribution in [3.63, 3.8) is 0 Å². The van der Waals surface area contributed by atoms with Crippen molar-refractivity contribution in [2.75, 3.05) is 66.6 Å². The Kier molecular flexibility index (Phi) is 17.8. The molecule has 9 heteroatoms. The molecule has 0 aliphatic heterocycles. The number of aliphatic hydroxyl groups is 3. The Labute approximate surface area is 156 Å². The zero-order chi connectivity index (χ0) is 19.6. The van der Waals surface area contributed by atoms with Crippen LogP contribution in [0.5, 0.6) is 0 Å². The van der Waals surface area contributed by atoms with Crippen LogP contribution < -0.4 is 0 Å². The van der Waals surface area contributed by atoms with E-state index in [9.17, 15) is 15.3 Å². The van der Waals surface area contributed by atoms with Gasteiger partial charge in [0.25, 0.3) is 0 Å². The second-order valence-corrected chi connectivity index (χ2v) is 5.65. The molecule has 0 fully saturated rings. The van der Waals surface area contributed by atoms with Crippen molar-refractivity contribution in [1.29, 1.82) is 0 Å². The third kappa shape index (κ3) is 13.8. The molecule has 0 saturated heterocycles. The standard InChI is InChI=1S/C17H36O9/c1-4-5-22-6-7-23-8-9-24-10-11-25-12-13-26-17(21-3)16(20)15(19)14(2)18/h14-20H,4-13H2,1-3H3. The van der Waals surface area contributed by atoms with Gasteiger partial charge in [-0.25, -0.2) is 0 Å². The van der Waals surface area contributed by atoms with Crippen molar-refractivity contribution in [2.24, 2.45) is 0 Å². The summed E-state index contributed by atoms with van der Waals surface area (Å²) in [5, 5.41) is 28.7. The van der Waals surface area contributed by atoms with E-state index in [1.165, 1.54) is 14.0 Å². The van der Waals surface area contributed by atoms with Gasteiger partial charge in [-0.15, -0.1) is 0 Å². The average Bonchev–Trinajstić information content (AvgIpc) is 2.63. The normalized spacial score (nSPS) is 16.4. The molecule has 0 saturated carbocycles. The number of rotatable bonds is 19. The summed E-state index contributed by atoms with van der Waals surface area (Å²) in [6.07, 6.45) is -3.83. The van der Waals surface area contributed by atoms with Gasteiger partial charge in [-0.05, 0) is 13.3 Å². The molecule has 0 aromatic rings. The molecular weight excluding hydrogens is 348 g/mol. The quantitative estimate of drug-likeness (QED) is 0.201. The number of hydrogen-bond acceptors (Lipinski definition) is 9. The van der Waals surface area contributed by atoms with E-state index in [1.54, 1.807) is 0 Å². The fourth-order valence-electron chi connectivity index (χ4n) is 1.88. The van der Waals surface area contributed by atoms with Gasteiger partial charge in [0.2, 0.25) is 0 Å². The summed E-state index contributed by atoms with van der Waals surface area (Å²) in [5.74, 6) is 0. The minimum absolute atomic E-state index is 0.170. The molecule has 0 aromatic heterocycles. The molecule has 4 atom stereocenters. The van der Waals surface area contributed by atoms with Crippen LogP contribution in [0.15, 0.2) is 0 Å². The predicted molar refractivity (Wildman–Crippen MR) is 94.0 cm³/mol. The van der Waals surface area contributed by atoms with E-state index in [0.29, 0.717) is 39.6 Å². The van der Waals surface area contributed by atoms with E-state index in [1.807, 2.05) is 0 Å². The van der Waals surface area contributed by atoms with E-state index in [2.05, 4.69) is 6.92 Å². The summed E-state index contributed by atoms with van der Waals surface area (Å²) >= 11 is 0. The van der Waals surface area contributed by atoms with Crippen LogP contribution in [0.3, 0.4) is 0 Å². The number of hydrogen-bond donors (Lipinski definition) is 3. The van der Waals surface area contributed by atoms with Crippen LogP contribution in [0.4, 0.5) is 0 Å². The van der Waals surface area contributed by atoms with Gasteiger partial charge in [-0.3, -0.25) is 0 Å². The van der Waals surface area contributed by atoms with Crippen molar-refractivity contribution >= 4 is 0 Å². The van der Waals surface area contributed by atoms with Crippen LogP contribution in [-0.2, 0) is 28.4 Å². The molecule has 0 rings (SSSR count). The molecular formula is C17H36O9. The van der Waals surface area contributed by atoms with Crippen molar-refractivity contribution < 1.29 is 43.7 Å². The maximum absolute atomic E-state index is 9.81. The van der Waals surface area contributed by atoms with Crippen molar-refractivity contribution in [2.45, 2.75) is 44.9 Å². The summed E-state index contributed by atoms with van der Waals surface area (Å²) in [7, 11) is 1.34. The number of methoxy groups -OCH3 is 1. The van der Waals surface area contributed by atoms with Gasteiger partial charge in [0.1, 0.15) is 12.2 Å². The lowest BCUT2D eigenvalue weighted by atomic mass is 10.1. The molecule has 9 nitrogen and oxygen atoms in total. The first-order chi connectivity index (χ1) is 12.5. The van der Waals surface area contributed by atoms with Crippen LogP contribution in [0.2, 0.25) is 0 Å². The first kappa shape index (κ1) is 25.6. The topological polar surface area (TPSA) is 116 Å². The molecule has 4 unspecified atom stereocenters. The minimum atomic E-state index is -1.35. The van der Waals surface area contributed by atoms with Gasteiger partial charge in [-0.1, -0.05) is 6.92 Å². The Morgan fingerprint density at radius 1 is 0.654 bits per heavy atom. The van der Waals surface area contributed by atoms with E-state index in [0.717, 1.165) is 13.0 Å². The zero-order valence-corrected chi connectivity index (χ0v) is 16.2. The molecule has 26 heavy (non-hydrogen) atoms. The highest BCUT2D eigenvalue weighted by Gasteiger charge is 2.30. The summed E-state index contributed by atoms with van der Waals surface area (Å²) in [5.41, 5.74) is 0. The molecule has 0 radical (unpaired) electrons. The van der Waals surface area contributed by atoms with Gasteiger partial charge in [0.05, 0.1) is 59.0 Å². The smallest absolute Gasteiger partial charge is 0.185 e. The lowest BCUT2D eigenvalue weighted by molar-refractivity contribution is -0.217. The third-order valence-corrected chi connectivity index (χ3v) is 3.33. The molecule has 0 bridgehead atoms. The van der Waals surface area contributed by atoms with Gasteiger partial charge in [-0.2, -0.15) is 0 Å². The lowest BCUT2D eigenvalue weighted by Gasteiger charge is -2.27. The molecule has 0 aliphatic rings. The number of aliphatic hydroxyl groups excluding tert-OH is 3. The third-order valence-electron chi connectivity index (χ3n) is 3.33. The second kappa shape index (κ2) is 18.0. The number of ether oxygens (including phenoxy) is 6. The lowest BCUT2D eigenvalue weighted by Crippen LogP contribution is -2.45. The molecule has 0 heterocycles. The van der Waals surface area contributed by atoms with Crippen molar-refractivity contribution in [1.82, 2.24) is 0 Å². The molecule has 0 aromatic carbocycles. The monoisotopic (exact) mass is 384 g/mol. The Balaban J connectivity index is 3.44. The second-order valence-electron chi connectivity index (χ2n) is 5.65. The van der Waals surface area contributed by atoms with Gasteiger partial charge < -0.3 is 43.7 Å². The molecule has 0 spiro atoms. The van der Waals surface area contributed by atoms with E-state index in [4.69, 9.17) is 28.4 Å². The van der Waals surface area contributed by atoms with Crippen LogP contribution >= 0.6 is 0 Å².